The van der Waals surface area contributed by atoms with E-state index >= 15 is 0 Å². The molecule has 1 spiro atoms. The first-order chi connectivity index (χ1) is 7.80. The van der Waals surface area contributed by atoms with Crippen LogP contribution in [0.2, 0.25) is 0 Å². The molecule has 2 fully saturated rings. The van der Waals surface area contributed by atoms with Gasteiger partial charge in [-0.25, -0.2) is 0 Å². The quantitative estimate of drug-likeness (QED) is 0.790. The van der Waals surface area contributed by atoms with Crippen LogP contribution in [0, 0.1) is 0 Å². The first kappa shape index (κ1) is 12.4. The van der Waals surface area contributed by atoms with Crippen LogP contribution in [-0.4, -0.2) is 36.1 Å². The van der Waals surface area contributed by atoms with Crippen LogP contribution in [0.15, 0.2) is 0 Å². The summed E-state index contributed by atoms with van der Waals surface area (Å²) in [6.07, 6.45) is 9.73. The number of nitrogens with zero attached hydrogens (tertiary/aromatic N) is 1. The van der Waals surface area contributed by atoms with E-state index < -0.39 is 0 Å². The molecule has 1 saturated heterocycles. The standard InChI is InChI=1S/C14H28N2/c1-3-5-10-16-11-13(4-2)15-12-14(16)8-6-7-9-14/h13,15H,3-12H2,1-2H3. The summed E-state index contributed by atoms with van der Waals surface area (Å²) in [6, 6.07) is 0.739. The molecule has 2 heteroatoms. The first-order valence-corrected chi connectivity index (χ1v) is 7.29. The lowest BCUT2D eigenvalue weighted by molar-refractivity contribution is 0.0411. The molecule has 1 N–H and O–H groups in total. The second-order valence-corrected chi connectivity index (χ2v) is 5.72. The van der Waals surface area contributed by atoms with Crippen LogP contribution in [0.3, 0.4) is 0 Å². The van der Waals surface area contributed by atoms with E-state index in [2.05, 4.69) is 24.1 Å². The van der Waals surface area contributed by atoms with Crippen LogP contribution in [0.4, 0.5) is 0 Å². The number of hydrogen-bond donors (Lipinski definition) is 1. The molecule has 1 aliphatic carbocycles. The fourth-order valence-corrected chi connectivity index (χ4v) is 3.45. The zero-order valence-electron chi connectivity index (χ0n) is 11.1. The minimum atomic E-state index is 0.542. The van der Waals surface area contributed by atoms with Gasteiger partial charge in [0, 0.05) is 24.7 Å². The predicted molar refractivity (Wildman–Crippen MR) is 69.8 cm³/mol. The van der Waals surface area contributed by atoms with Gasteiger partial charge in [-0.15, -0.1) is 0 Å². The van der Waals surface area contributed by atoms with E-state index in [0.29, 0.717) is 5.54 Å². The smallest absolute Gasteiger partial charge is 0.0334 e. The molecule has 1 aliphatic heterocycles. The van der Waals surface area contributed by atoms with E-state index in [4.69, 9.17) is 0 Å². The molecular weight excluding hydrogens is 196 g/mol. The van der Waals surface area contributed by atoms with Gasteiger partial charge in [-0.2, -0.15) is 0 Å². The van der Waals surface area contributed by atoms with E-state index in [-0.39, 0.29) is 0 Å². The topological polar surface area (TPSA) is 15.3 Å². The molecule has 1 heterocycles. The lowest BCUT2D eigenvalue weighted by Gasteiger charge is -2.48. The third kappa shape index (κ3) is 2.43. The second kappa shape index (κ2) is 5.50. The second-order valence-electron chi connectivity index (χ2n) is 5.72. The van der Waals surface area contributed by atoms with Crippen molar-refractivity contribution in [2.75, 3.05) is 19.6 Å². The molecule has 1 atom stereocenters. The number of piperazine rings is 1. The van der Waals surface area contributed by atoms with Crippen LogP contribution in [0.1, 0.15) is 58.8 Å². The van der Waals surface area contributed by atoms with Crippen LogP contribution >= 0.6 is 0 Å². The molecule has 2 nitrogen and oxygen atoms in total. The Morgan fingerprint density at radius 1 is 1.25 bits per heavy atom. The third-order valence-corrected chi connectivity index (χ3v) is 4.64. The van der Waals surface area contributed by atoms with Crippen molar-refractivity contribution in [1.82, 2.24) is 10.2 Å². The highest BCUT2D eigenvalue weighted by Crippen LogP contribution is 2.37. The van der Waals surface area contributed by atoms with E-state index in [0.717, 1.165) is 6.04 Å². The van der Waals surface area contributed by atoms with Crippen LogP contribution in [0.25, 0.3) is 0 Å². The van der Waals surface area contributed by atoms with Crippen molar-refractivity contribution >= 4 is 0 Å². The Balaban J connectivity index is 1.99. The fourth-order valence-electron chi connectivity index (χ4n) is 3.45. The molecule has 0 radical (unpaired) electrons. The Morgan fingerprint density at radius 2 is 2.00 bits per heavy atom. The lowest BCUT2D eigenvalue weighted by Crippen LogP contribution is -2.63. The van der Waals surface area contributed by atoms with Crippen molar-refractivity contribution in [1.29, 1.82) is 0 Å². The third-order valence-electron chi connectivity index (χ3n) is 4.64. The SMILES string of the molecule is CCCCN1CC(CC)NCC12CCCC2. The van der Waals surface area contributed by atoms with Gasteiger partial charge in [0.05, 0.1) is 0 Å². The zero-order valence-corrected chi connectivity index (χ0v) is 11.1. The van der Waals surface area contributed by atoms with Crippen LogP contribution < -0.4 is 5.32 Å². The Morgan fingerprint density at radius 3 is 2.62 bits per heavy atom. The number of hydrogen-bond acceptors (Lipinski definition) is 2. The van der Waals surface area contributed by atoms with Crippen LogP contribution in [0.5, 0.6) is 0 Å². The molecule has 94 valence electrons. The summed E-state index contributed by atoms with van der Waals surface area (Å²) in [5, 5.41) is 3.77. The summed E-state index contributed by atoms with van der Waals surface area (Å²) in [5.74, 6) is 0. The van der Waals surface area contributed by atoms with Crippen molar-refractivity contribution in [3.63, 3.8) is 0 Å². The largest absolute Gasteiger partial charge is 0.311 e. The average Bonchev–Trinajstić information content (AvgIpc) is 2.78. The molecule has 16 heavy (non-hydrogen) atoms. The molecule has 0 aromatic carbocycles. The van der Waals surface area contributed by atoms with Gasteiger partial charge in [0.2, 0.25) is 0 Å². The van der Waals surface area contributed by atoms with Gasteiger partial charge >= 0.3 is 0 Å². The monoisotopic (exact) mass is 224 g/mol. The Labute approximate surface area is 101 Å². The van der Waals surface area contributed by atoms with E-state index in [1.165, 1.54) is 64.6 Å². The molecule has 0 amide bonds. The summed E-state index contributed by atoms with van der Waals surface area (Å²) in [7, 11) is 0. The molecule has 2 rings (SSSR count). The first-order valence-electron chi connectivity index (χ1n) is 7.29. The summed E-state index contributed by atoms with van der Waals surface area (Å²) in [5.41, 5.74) is 0.542. The highest BCUT2D eigenvalue weighted by Gasteiger charge is 2.42. The van der Waals surface area contributed by atoms with E-state index in [1.807, 2.05) is 0 Å². The van der Waals surface area contributed by atoms with Gasteiger partial charge in [-0.3, -0.25) is 4.90 Å². The fraction of sp³-hybridized carbons (Fsp3) is 1.00. The minimum absolute atomic E-state index is 0.542. The number of unbranched alkanes of at least 4 members (excludes halogenated alkanes) is 1. The van der Waals surface area contributed by atoms with Gasteiger partial charge < -0.3 is 5.32 Å². The van der Waals surface area contributed by atoms with Crippen molar-refractivity contribution in [2.24, 2.45) is 0 Å². The minimum Gasteiger partial charge on any atom is -0.311 e. The number of rotatable bonds is 4. The molecule has 0 aromatic rings. The van der Waals surface area contributed by atoms with E-state index in [9.17, 15) is 0 Å². The van der Waals surface area contributed by atoms with Gasteiger partial charge in [0.15, 0.2) is 0 Å². The maximum absolute atomic E-state index is 3.77. The van der Waals surface area contributed by atoms with Crippen molar-refractivity contribution in [3.05, 3.63) is 0 Å². The maximum Gasteiger partial charge on any atom is 0.0334 e. The molecule has 2 aliphatic rings. The van der Waals surface area contributed by atoms with Gasteiger partial charge in [-0.1, -0.05) is 33.1 Å². The van der Waals surface area contributed by atoms with E-state index in [1.54, 1.807) is 0 Å². The summed E-state index contributed by atoms with van der Waals surface area (Å²) in [4.78, 5) is 2.83. The average molecular weight is 224 g/mol. The number of nitrogens with one attached hydrogen (secondary N) is 1. The summed E-state index contributed by atoms with van der Waals surface area (Å²) in [6.45, 7) is 8.48. The highest BCUT2D eigenvalue weighted by molar-refractivity contribution is 5.01. The Kier molecular flexibility index (Phi) is 4.26. The molecule has 1 unspecified atom stereocenters. The molecule has 0 aromatic heterocycles. The lowest BCUT2D eigenvalue weighted by atomic mass is 9.90. The van der Waals surface area contributed by atoms with Gasteiger partial charge in [0.25, 0.3) is 0 Å². The Hall–Kier alpha value is -0.0800. The van der Waals surface area contributed by atoms with Crippen molar-refractivity contribution < 1.29 is 0 Å². The zero-order chi connectivity index (χ0) is 11.4. The van der Waals surface area contributed by atoms with Crippen molar-refractivity contribution in [3.8, 4) is 0 Å². The molecule has 0 bridgehead atoms. The highest BCUT2D eigenvalue weighted by atomic mass is 15.3. The summed E-state index contributed by atoms with van der Waals surface area (Å²) < 4.78 is 0. The molecular formula is C14H28N2. The summed E-state index contributed by atoms with van der Waals surface area (Å²) >= 11 is 0. The van der Waals surface area contributed by atoms with Gasteiger partial charge in [-0.05, 0) is 32.2 Å². The molecule has 1 saturated carbocycles. The normalized spacial score (nSPS) is 30.0. The predicted octanol–water partition coefficient (Wildman–Crippen LogP) is 2.78. The van der Waals surface area contributed by atoms with Gasteiger partial charge in [0.1, 0.15) is 0 Å². The maximum atomic E-state index is 3.77. The van der Waals surface area contributed by atoms with Crippen molar-refractivity contribution in [2.45, 2.75) is 70.4 Å². The van der Waals surface area contributed by atoms with Crippen LogP contribution in [-0.2, 0) is 0 Å². The Bertz CT molecular complexity index is 209.